The molecule has 6 nitrogen and oxygen atoms in total. The lowest BCUT2D eigenvalue weighted by molar-refractivity contribution is 0.0986. The number of anilines is 1. The van der Waals surface area contributed by atoms with Gasteiger partial charge in [-0.1, -0.05) is 11.6 Å². The van der Waals surface area contributed by atoms with Gasteiger partial charge in [-0.25, -0.2) is 8.42 Å². The van der Waals surface area contributed by atoms with E-state index in [0.717, 1.165) is 59.1 Å². The third-order valence-corrected chi connectivity index (χ3v) is 8.33. The minimum absolute atomic E-state index is 0.0674. The van der Waals surface area contributed by atoms with Crippen molar-refractivity contribution in [2.75, 3.05) is 24.5 Å². The molecule has 0 unspecified atom stereocenters. The van der Waals surface area contributed by atoms with Gasteiger partial charge < -0.3 is 4.90 Å². The predicted octanol–water partition coefficient (Wildman–Crippen LogP) is 4.23. The van der Waals surface area contributed by atoms with Crippen molar-refractivity contribution in [3.63, 3.8) is 0 Å². The van der Waals surface area contributed by atoms with Gasteiger partial charge in [-0.3, -0.25) is 9.78 Å². The molecule has 1 amide bonds. The van der Waals surface area contributed by atoms with Crippen LogP contribution in [0.1, 0.15) is 46.4 Å². The van der Waals surface area contributed by atoms with E-state index < -0.39 is 10.0 Å². The summed E-state index contributed by atoms with van der Waals surface area (Å²) in [7, 11) is -3.48. The van der Waals surface area contributed by atoms with E-state index in [-0.39, 0.29) is 5.91 Å². The summed E-state index contributed by atoms with van der Waals surface area (Å²) in [5.41, 5.74) is 5.04. The maximum absolute atomic E-state index is 13.7. The zero-order chi connectivity index (χ0) is 22.5. The molecule has 0 bridgehead atoms. The number of carbonyl (C=O) groups is 1. The van der Waals surface area contributed by atoms with E-state index >= 15 is 0 Å². The van der Waals surface area contributed by atoms with Gasteiger partial charge in [0.15, 0.2) is 0 Å². The first-order valence-corrected chi connectivity index (χ1v) is 12.6. The summed E-state index contributed by atoms with van der Waals surface area (Å²) in [6.45, 7) is 5.68. The molecule has 32 heavy (non-hydrogen) atoms. The van der Waals surface area contributed by atoms with Crippen LogP contribution >= 0.6 is 0 Å². The van der Waals surface area contributed by atoms with Crippen molar-refractivity contribution in [3.8, 4) is 0 Å². The maximum Gasteiger partial charge on any atom is 0.259 e. The number of aromatic nitrogens is 1. The molecule has 3 heterocycles. The van der Waals surface area contributed by atoms with Gasteiger partial charge in [0.1, 0.15) is 0 Å². The van der Waals surface area contributed by atoms with E-state index in [1.807, 2.05) is 38.1 Å². The molecule has 3 aromatic rings. The van der Waals surface area contributed by atoms with E-state index in [4.69, 9.17) is 0 Å². The molecule has 0 radical (unpaired) electrons. The first-order chi connectivity index (χ1) is 15.3. The Kier molecular flexibility index (Phi) is 5.26. The highest BCUT2D eigenvalue weighted by molar-refractivity contribution is 7.89. The number of amides is 1. The Hall–Kier alpha value is -2.77. The van der Waals surface area contributed by atoms with Gasteiger partial charge in [-0.2, -0.15) is 4.31 Å². The van der Waals surface area contributed by atoms with Crippen molar-refractivity contribution in [2.45, 2.75) is 44.4 Å². The van der Waals surface area contributed by atoms with Crippen LogP contribution in [0.4, 0.5) is 5.69 Å². The van der Waals surface area contributed by atoms with Crippen molar-refractivity contribution < 1.29 is 13.2 Å². The molecule has 2 aromatic carbocycles. The Labute approximate surface area is 188 Å². The molecule has 5 rings (SSSR count). The summed E-state index contributed by atoms with van der Waals surface area (Å²) >= 11 is 0. The molecule has 1 fully saturated rings. The van der Waals surface area contributed by atoms with Gasteiger partial charge in [-0.05, 0) is 81.5 Å². The average molecular weight is 450 g/mol. The number of fused-ring (bicyclic) bond motifs is 2. The largest absolute Gasteiger partial charge is 0.308 e. The van der Waals surface area contributed by atoms with E-state index in [1.165, 1.54) is 0 Å². The zero-order valence-electron chi connectivity index (χ0n) is 18.5. The molecule has 2 aliphatic heterocycles. The molecule has 0 N–H and O–H groups in total. The molecular weight excluding hydrogens is 422 g/mol. The summed E-state index contributed by atoms with van der Waals surface area (Å²) in [4.78, 5) is 20.4. The average Bonchev–Trinajstić information content (AvgIpc) is 3.33. The predicted molar refractivity (Wildman–Crippen MR) is 126 cm³/mol. The molecule has 166 valence electrons. The first-order valence-electron chi connectivity index (χ1n) is 11.2. The topological polar surface area (TPSA) is 70.6 Å². The quantitative estimate of drug-likeness (QED) is 0.600. The van der Waals surface area contributed by atoms with Crippen LogP contribution in [0, 0.1) is 13.8 Å². The second-order valence-electron chi connectivity index (χ2n) is 8.79. The summed E-state index contributed by atoms with van der Waals surface area (Å²) < 4.78 is 27.6. The smallest absolute Gasteiger partial charge is 0.259 e. The fraction of sp³-hybridized carbons (Fsp3) is 0.360. The minimum Gasteiger partial charge on any atom is -0.308 e. The molecule has 1 aromatic heterocycles. The number of pyridine rings is 1. The van der Waals surface area contributed by atoms with Crippen molar-refractivity contribution >= 4 is 32.5 Å². The lowest BCUT2D eigenvalue weighted by Crippen LogP contribution is -2.36. The highest BCUT2D eigenvalue weighted by Crippen LogP contribution is 2.33. The second kappa shape index (κ2) is 7.98. The number of carbonyl (C=O) groups excluding carboxylic acids is 1. The zero-order valence-corrected chi connectivity index (χ0v) is 19.3. The summed E-state index contributed by atoms with van der Waals surface area (Å²) in [6, 6.07) is 13.0. The van der Waals surface area contributed by atoms with Crippen LogP contribution in [0.5, 0.6) is 0 Å². The Balaban J connectivity index is 1.54. The molecular formula is C25H27N3O3S. The highest BCUT2D eigenvalue weighted by atomic mass is 32.2. The molecule has 0 aliphatic carbocycles. The summed E-state index contributed by atoms with van der Waals surface area (Å²) in [6.07, 6.45) is 3.38. The third-order valence-electron chi connectivity index (χ3n) is 6.44. The normalized spacial score (nSPS) is 17.0. The second-order valence-corrected chi connectivity index (χ2v) is 10.7. The molecule has 0 atom stereocenters. The van der Waals surface area contributed by atoms with Gasteiger partial charge in [0.05, 0.1) is 16.0 Å². The molecule has 1 saturated heterocycles. The van der Waals surface area contributed by atoms with Crippen LogP contribution in [0.15, 0.2) is 47.4 Å². The molecule has 0 spiro atoms. The van der Waals surface area contributed by atoms with Crippen LogP contribution in [0.25, 0.3) is 10.9 Å². The monoisotopic (exact) mass is 449 g/mol. The Morgan fingerprint density at radius 3 is 2.50 bits per heavy atom. The Morgan fingerprint density at radius 1 is 0.938 bits per heavy atom. The van der Waals surface area contributed by atoms with Crippen LogP contribution < -0.4 is 4.90 Å². The van der Waals surface area contributed by atoms with Crippen LogP contribution in [0.3, 0.4) is 0 Å². The number of rotatable bonds is 3. The molecule has 7 heteroatoms. The number of sulfonamides is 1. The maximum atomic E-state index is 13.7. The van der Waals surface area contributed by atoms with E-state index in [9.17, 15) is 13.2 Å². The first kappa shape index (κ1) is 21.1. The van der Waals surface area contributed by atoms with Gasteiger partial charge in [0.2, 0.25) is 10.0 Å². The van der Waals surface area contributed by atoms with E-state index in [0.29, 0.717) is 30.1 Å². The summed E-state index contributed by atoms with van der Waals surface area (Å²) in [5.74, 6) is -0.0674. The van der Waals surface area contributed by atoms with Crippen molar-refractivity contribution in [2.24, 2.45) is 0 Å². The van der Waals surface area contributed by atoms with Crippen molar-refractivity contribution in [1.82, 2.24) is 9.29 Å². The van der Waals surface area contributed by atoms with Crippen LogP contribution in [-0.2, 0) is 16.4 Å². The third kappa shape index (κ3) is 3.59. The number of hydrogen-bond donors (Lipinski definition) is 0. The number of hydrogen-bond acceptors (Lipinski definition) is 4. The van der Waals surface area contributed by atoms with Gasteiger partial charge in [-0.15, -0.1) is 0 Å². The lowest BCUT2D eigenvalue weighted by atomic mass is 9.99. The fourth-order valence-corrected chi connectivity index (χ4v) is 6.39. The minimum atomic E-state index is -3.48. The van der Waals surface area contributed by atoms with Crippen LogP contribution in [0.2, 0.25) is 0 Å². The Bertz CT molecular complexity index is 1330. The Morgan fingerprint density at radius 2 is 1.72 bits per heavy atom. The van der Waals surface area contributed by atoms with Crippen molar-refractivity contribution in [3.05, 3.63) is 64.8 Å². The van der Waals surface area contributed by atoms with Gasteiger partial charge in [0.25, 0.3) is 5.91 Å². The van der Waals surface area contributed by atoms with Crippen molar-refractivity contribution in [1.29, 1.82) is 0 Å². The number of nitrogens with zero attached hydrogens (tertiary/aromatic N) is 3. The number of aryl methyl sites for hydroxylation is 3. The lowest BCUT2D eigenvalue weighted by Gasteiger charge is -2.30. The van der Waals surface area contributed by atoms with E-state index in [1.54, 1.807) is 27.4 Å². The van der Waals surface area contributed by atoms with Gasteiger partial charge >= 0.3 is 0 Å². The van der Waals surface area contributed by atoms with E-state index in [2.05, 4.69) is 4.98 Å². The highest BCUT2D eigenvalue weighted by Gasteiger charge is 2.30. The fourth-order valence-electron chi connectivity index (χ4n) is 4.82. The standard InChI is InChI=1S/C25H27N3O3S/c1-17-7-9-23-21(14-17)22(15-18(2)26-23)25(29)28-13-5-6-19-16-20(8-10-24(19)28)32(30,31)27-11-3-4-12-27/h7-10,14-16H,3-6,11-13H2,1-2H3. The SMILES string of the molecule is Cc1ccc2nc(C)cc(C(=O)N3CCCc4cc(S(=O)(=O)N5CCCC5)ccc43)c2c1. The molecule has 2 aliphatic rings. The molecule has 0 saturated carbocycles. The van der Waals surface area contributed by atoms with Gasteiger partial charge in [0, 0.05) is 36.4 Å². The summed E-state index contributed by atoms with van der Waals surface area (Å²) in [5, 5.41) is 0.848. The number of benzene rings is 2. The van der Waals surface area contributed by atoms with Crippen LogP contribution in [-0.4, -0.2) is 43.2 Å².